The van der Waals surface area contributed by atoms with Crippen molar-refractivity contribution in [3.8, 4) is 0 Å². The van der Waals surface area contributed by atoms with Crippen LogP contribution in [-0.2, 0) is 9.84 Å². The Morgan fingerprint density at radius 2 is 1.96 bits per heavy atom. The molecule has 2 aromatic heterocycles. The molecule has 0 aliphatic carbocycles. The van der Waals surface area contributed by atoms with Gasteiger partial charge in [-0.15, -0.1) is 0 Å². The number of aromatic nitrogens is 2. The summed E-state index contributed by atoms with van der Waals surface area (Å²) in [7, 11) is -4.27. The minimum Gasteiger partial charge on any atom is -0.408 e. The van der Waals surface area contributed by atoms with E-state index in [1.54, 1.807) is 6.07 Å². The Bertz CT molecular complexity index is 1350. The molecule has 0 radical (unpaired) electrons. The quantitative estimate of drug-likeness (QED) is 0.431. The molecule has 1 N–H and O–H groups in total. The van der Waals surface area contributed by atoms with E-state index in [1.165, 1.54) is 30.6 Å². The summed E-state index contributed by atoms with van der Waals surface area (Å²) in [6.07, 6.45) is 2.93. The normalized spacial score (nSPS) is 11.8. The van der Waals surface area contributed by atoms with Gasteiger partial charge in [0.15, 0.2) is 10.5 Å². The van der Waals surface area contributed by atoms with Gasteiger partial charge < -0.3 is 4.42 Å². The number of hydrogen-bond acceptors (Lipinski definition) is 7. The minimum atomic E-state index is -4.27. The lowest BCUT2D eigenvalue weighted by molar-refractivity contribution is -0.387. The molecule has 0 spiro atoms. The first kappa shape index (κ1) is 16.0. The van der Waals surface area contributed by atoms with Gasteiger partial charge in [0.05, 0.1) is 15.3 Å². The van der Waals surface area contributed by atoms with Gasteiger partial charge in [0.1, 0.15) is 0 Å². The largest absolute Gasteiger partial charge is 0.417 e. The molecule has 0 bridgehead atoms. The number of rotatable bonds is 3. The number of pyridine rings is 1. The fourth-order valence-corrected chi connectivity index (χ4v) is 4.41. The van der Waals surface area contributed by atoms with E-state index in [0.29, 0.717) is 10.8 Å². The third-order valence-corrected chi connectivity index (χ3v) is 5.76. The standard InChI is InChI=1S/C16H9N3O6S/c20-16-18-11-6-12(19(21)22)15(7-13(11)25-16)26(23,24)14-3-1-2-9-8-17-5-4-10(9)14/h1-8H,(H,18,20). The number of nitro benzene ring substituents is 1. The van der Waals surface area contributed by atoms with Crippen molar-refractivity contribution in [2.24, 2.45) is 0 Å². The van der Waals surface area contributed by atoms with Gasteiger partial charge in [-0.3, -0.25) is 20.1 Å². The van der Waals surface area contributed by atoms with E-state index in [9.17, 15) is 23.3 Å². The minimum absolute atomic E-state index is 0.0442. The molecule has 0 saturated heterocycles. The van der Waals surface area contributed by atoms with Crippen LogP contribution in [0.5, 0.6) is 0 Å². The summed E-state index contributed by atoms with van der Waals surface area (Å²) in [5, 5.41) is 12.4. The zero-order chi connectivity index (χ0) is 18.5. The molecule has 9 nitrogen and oxygen atoms in total. The van der Waals surface area contributed by atoms with Gasteiger partial charge in [-0.2, -0.15) is 0 Å². The van der Waals surface area contributed by atoms with Crippen LogP contribution in [0.3, 0.4) is 0 Å². The van der Waals surface area contributed by atoms with Crippen molar-refractivity contribution in [3.63, 3.8) is 0 Å². The van der Waals surface area contributed by atoms with Crippen LogP contribution in [-0.4, -0.2) is 23.3 Å². The summed E-state index contributed by atoms with van der Waals surface area (Å²) < 4.78 is 31.2. The maximum absolute atomic E-state index is 13.2. The molecular formula is C16H9N3O6S. The summed E-state index contributed by atoms with van der Waals surface area (Å²) in [6, 6.07) is 8.05. The van der Waals surface area contributed by atoms with Crippen LogP contribution in [0, 0.1) is 10.1 Å². The molecule has 26 heavy (non-hydrogen) atoms. The molecule has 2 aromatic carbocycles. The molecule has 0 fully saturated rings. The highest BCUT2D eigenvalue weighted by Gasteiger charge is 2.30. The van der Waals surface area contributed by atoms with Crippen molar-refractivity contribution >= 4 is 37.4 Å². The van der Waals surface area contributed by atoms with Crippen molar-refractivity contribution in [2.75, 3.05) is 0 Å². The number of nitrogens with one attached hydrogen (secondary N) is 1. The third-order valence-electron chi connectivity index (χ3n) is 3.92. The fourth-order valence-electron chi connectivity index (χ4n) is 2.77. The van der Waals surface area contributed by atoms with E-state index in [1.807, 2.05) is 0 Å². The molecule has 10 heteroatoms. The first-order chi connectivity index (χ1) is 12.4. The van der Waals surface area contributed by atoms with Crippen LogP contribution in [0.4, 0.5) is 5.69 Å². The number of benzene rings is 2. The number of oxazole rings is 1. The van der Waals surface area contributed by atoms with Gasteiger partial charge in [0.2, 0.25) is 9.84 Å². The molecule has 4 aromatic rings. The van der Waals surface area contributed by atoms with E-state index in [4.69, 9.17) is 4.42 Å². The first-order valence-corrected chi connectivity index (χ1v) is 8.75. The molecule has 130 valence electrons. The lowest BCUT2D eigenvalue weighted by Crippen LogP contribution is -2.06. The summed E-state index contributed by atoms with van der Waals surface area (Å²) >= 11 is 0. The van der Waals surface area contributed by atoms with E-state index in [0.717, 1.165) is 12.1 Å². The average Bonchev–Trinajstić information content (AvgIpc) is 2.99. The first-order valence-electron chi connectivity index (χ1n) is 7.27. The van der Waals surface area contributed by atoms with Gasteiger partial charge >= 0.3 is 5.76 Å². The third kappa shape index (κ3) is 2.35. The number of nitro groups is 1. The number of fused-ring (bicyclic) bond motifs is 2. The number of sulfone groups is 1. The molecule has 0 aliphatic rings. The lowest BCUT2D eigenvalue weighted by Gasteiger charge is -2.08. The second kappa shape index (κ2) is 5.49. The van der Waals surface area contributed by atoms with Crippen molar-refractivity contribution in [3.05, 3.63) is 69.5 Å². The highest BCUT2D eigenvalue weighted by molar-refractivity contribution is 7.92. The van der Waals surface area contributed by atoms with Crippen molar-refractivity contribution in [1.82, 2.24) is 9.97 Å². The summed E-state index contributed by atoms with van der Waals surface area (Å²) in [4.78, 5) is 27.5. The topological polar surface area (TPSA) is 136 Å². The van der Waals surface area contributed by atoms with E-state index in [2.05, 4.69) is 9.97 Å². The molecule has 0 saturated carbocycles. The van der Waals surface area contributed by atoms with Crippen LogP contribution in [0.1, 0.15) is 0 Å². The summed E-state index contributed by atoms with van der Waals surface area (Å²) in [6.45, 7) is 0. The number of hydrogen-bond donors (Lipinski definition) is 1. The van der Waals surface area contributed by atoms with Gasteiger partial charge in [-0.25, -0.2) is 13.2 Å². The van der Waals surface area contributed by atoms with Gasteiger partial charge in [0, 0.05) is 35.3 Å². The number of H-pyrrole nitrogens is 1. The molecule has 0 amide bonds. The van der Waals surface area contributed by atoms with Crippen LogP contribution in [0.2, 0.25) is 0 Å². The molecule has 0 atom stereocenters. The lowest BCUT2D eigenvalue weighted by atomic mass is 10.2. The molecule has 2 heterocycles. The predicted molar refractivity (Wildman–Crippen MR) is 90.7 cm³/mol. The second-order valence-electron chi connectivity index (χ2n) is 5.44. The Morgan fingerprint density at radius 1 is 1.15 bits per heavy atom. The van der Waals surface area contributed by atoms with Gasteiger partial charge in [-0.05, 0) is 12.1 Å². The van der Waals surface area contributed by atoms with Crippen molar-refractivity contribution < 1.29 is 17.8 Å². The number of nitrogens with zero attached hydrogens (tertiary/aromatic N) is 2. The van der Waals surface area contributed by atoms with Crippen LogP contribution < -0.4 is 5.76 Å². The SMILES string of the molecule is O=c1[nH]c2cc([N+](=O)[O-])c(S(=O)(=O)c3cccc4cnccc34)cc2o1. The smallest absolute Gasteiger partial charge is 0.408 e. The maximum Gasteiger partial charge on any atom is 0.417 e. The Labute approximate surface area is 145 Å². The van der Waals surface area contributed by atoms with Gasteiger partial charge in [0.25, 0.3) is 5.69 Å². The maximum atomic E-state index is 13.2. The average molecular weight is 371 g/mol. The predicted octanol–water partition coefficient (Wildman–Crippen LogP) is 2.41. The Morgan fingerprint density at radius 3 is 2.73 bits per heavy atom. The van der Waals surface area contributed by atoms with Crippen molar-refractivity contribution in [2.45, 2.75) is 9.79 Å². The van der Waals surface area contributed by atoms with Gasteiger partial charge in [-0.1, -0.05) is 12.1 Å². The fraction of sp³-hybridized carbons (Fsp3) is 0. The zero-order valence-electron chi connectivity index (χ0n) is 12.9. The molecule has 4 rings (SSSR count). The Kier molecular flexibility index (Phi) is 3.37. The van der Waals surface area contributed by atoms with Crippen LogP contribution in [0.25, 0.3) is 21.9 Å². The molecular weight excluding hydrogens is 362 g/mol. The van der Waals surface area contributed by atoms with Crippen molar-refractivity contribution in [1.29, 1.82) is 0 Å². The molecule has 0 unspecified atom stereocenters. The highest BCUT2D eigenvalue weighted by atomic mass is 32.2. The monoisotopic (exact) mass is 371 g/mol. The second-order valence-corrected chi connectivity index (χ2v) is 7.33. The van der Waals surface area contributed by atoms with Crippen LogP contribution in [0.15, 0.2) is 67.8 Å². The number of aromatic amines is 1. The zero-order valence-corrected chi connectivity index (χ0v) is 13.7. The highest BCUT2D eigenvalue weighted by Crippen LogP contribution is 2.35. The Hall–Kier alpha value is -3.53. The van der Waals surface area contributed by atoms with E-state index in [-0.39, 0.29) is 16.0 Å². The van der Waals surface area contributed by atoms with E-state index < -0.39 is 31.1 Å². The molecule has 0 aliphatic heterocycles. The van der Waals surface area contributed by atoms with Crippen LogP contribution >= 0.6 is 0 Å². The Balaban J connectivity index is 2.08. The van der Waals surface area contributed by atoms with E-state index >= 15 is 0 Å². The summed E-state index contributed by atoms with van der Waals surface area (Å²) in [5.74, 6) is -0.833. The summed E-state index contributed by atoms with van der Waals surface area (Å²) in [5.41, 5.74) is -0.690.